The van der Waals surface area contributed by atoms with E-state index in [0.717, 1.165) is 16.5 Å². The fourth-order valence-electron chi connectivity index (χ4n) is 3.03. The van der Waals surface area contributed by atoms with Crippen molar-refractivity contribution in [2.24, 2.45) is 0 Å². The maximum Gasteiger partial charge on any atom is 0.350 e. The Morgan fingerprint density at radius 3 is 2.44 bits per heavy atom. The van der Waals surface area contributed by atoms with Gasteiger partial charge in [0, 0.05) is 5.39 Å². The minimum atomic E-state index is -0.412. The van der Waals surface area contributed by atoms with Crippen LogP contribution in [-0.4, -0.2) is 10.8 Å². The molecule has 0 amide bonds. The van der Waals surface area contributed by atoms with Gasteiger partial charge >= 0.3 is 5.63 Å². The van der Waals surface area contributed by atoms with Crippen molar-refractivity contribution in [1.82, 2.24) is 4.57 Å². The van der Waals surface area contributed by atoms with Crippen LogP contribution in [-0.2, 0) is 6.54 Å². The highest BCUT2D eigenvalue weighted by Gasteiger charge is 2.15. The highest BCUT2D eigenvalue weighted by molar-refractivity contribution is 7.98. The first-order valence-corrected chi connectivity index (χ1v) is 9.09. The second-order valence-electron chi connectivity index (χ2n) is 5.74. The lowest BCUT2D eigenvalue weighted by atomic mass is 10.1. The van der Waals surface area contributed by atoms with E-state index in [1.54, 1.807) is 16.9 Å². The Bertz CT molecular complexity index is 1190. The smallest absolute Gasteiger partial charge is 0.350 e. The Labute approximate surface area is 147 Å². The molecule has 0 aliphatic carbocycles. The minimum Gasteiger partial charge on any atom is -0.421 e. The molecule has 124 valence electrons. The van der Waals surface area contributed by atoms with Crippen LogP contribution in [0.2, 0.25) is 0 Å². The standard InChI is InChI=1S/C20H15NO3S/c1-25-17-11-15-18(24-20(17)23)14-9-5-6-10-16(14)21(19(15)22)12-13-7-3-2-4-8-13/h2-11H,12H2,1H3. The van der Waals surface area contributed by atoms with E-state index >= 15 is 0 Å². The van der Waals surface area contributed by atoms with E-state index < -0.39 is 5.63 Å². The van der Waals surface area contributed by atoms with Crippen LogP contribution in [0.25, 0.3) is 21.9 Å². The molecule has 0 aliphatic rings. The van der Waals surface area contributed by atoms with Gasteiger partial charge in [-0.05, 0) is 30.0 Å². The molecule has 0 unspecified atom stereocenters. The average Bonchev–Trinajstić information content (AvgIpc) is 2.65. The third kappa shape index (κ3) is 2.66. The lowest BCUT2D eigenvalue weighted by molar-refractivity contribution is 0.545. The number of para-hydroxylation sites is 1. The average molecular weight is 349 g/mol. The molecule has 4 rings (SSSR count). The van der Waals surface area contributed by atoms with Crippen LogP contribution in [0.1, 0.15) is 5.56 Å². The van der Waals surface area contributed by atoms with Gasteiger partial charge in [0.25, 0.3) is 5.56 Å². The molecule has 4 nitrogen and oxygen atoms in total. The van der Waals surface area contributed by atoms with E-state index in [2.05, 4.69) is 0 Å². The Morgan fingerprint density at radius 1 is 0.960 bits per heavy atom. The summed E-state index contributed by atoms with van der Waals surface area (Å²) < 4.78 is 7.23. The van der Waals surface area contributed by atoms with Crippen molar-refractivity contribution in [1.29, 1.82) is 0 Å². The number of nitrogens with zero attached hydrogens (tertiary/aromatic N) is 1. The molecule has 4 aromatic rings. The van der Waals surface area contributed by atoms with Crippen molar-refractivity contribution in [2.75, 3.05) is 6.26 Å². The lowest BCUT2D eigenvalue weighted by Gasteiger charge is -2.12. The highest BCUT2D eigenvalue weighted by atomic mass is 32.2. The fraction of sp³-hybridized carbons (Fsp3) is 0.100. The van der Waals surface area contributed by atoms with E-state index in [4.69, 9.17) is 4.42 Å². The van der Waals surface area contributed by atoms with Crippen LogP contribution in [0.4, 0.5) is 0 Å². The molecule has 0 saturated carbocycles. The molecule has 25 heavy (non-hydrogen) atoms. The Hall–Kier alpha value is -2.79. The maximum absolute atomic E-state index is 13.1. The van der Waals surface area contributed by atoms with Gasteiger partial charge in [-0.1, -0.05) is 42.5 Å². The van der Waals surface area contributed by atoms with Crippen molar-refractivity contribution in [3.05, 3.63) is 87.0 Å². The van der Waals surface area contributed by atoms with Gasteiger partial charge in [0.05, 0.1) is 22.3 Å². The van der Waals surface area contributed by atoms with Crippen LogP contribution >= 0.6 is 11.8 Å². The molecular weight excluding hydrogens is 334 g/mol. The maximum atomic E-state index is 13.1. The number of aromatic nitrogens is 1. The molecule has 0 spiro atoms. The summed E-state index contributed by atoms with van der Waals surface area (Å²) in [5.74, 6) is 0. The van der Waals surface area contributed by atoms with E-state index in [1.807, 2.05) is 54.6 Å². The Kier molecular flexibility index (Phi) is 3.93. The number of pyridine rings is 1. The van der Waals surface area contributed by atoms with E-state index in [0.29, 0.717) is 22.4 Å². The van der Waals surface area contributed by atoms with Crippen molar-refractivity contribution in [3.8, 4) is 0 Å². The van der Waals surface area contributed by atoms with E-state index in [-0.39, 0.29) is 5.56 Å². The molecule has 0 fully saturated rings. The predicted octanol–water partition coefficient (Wildman–Crippen LogP) is 3.88. The molecule has 5 heteroatoms. The Balaban J connectivity index is 2.10. The quantitative estimate of drug-likeness (QED) is 0.416. The molecule has 0 saturated heterocycles. The topological polar surface area (TPSA) is 52.2 Å². The molecule has 2 heterocycles. The van der Waals surface area contributed by atoms with Gasteiger partial charge in [0.2, 0.25) is 0 Å². The molecule has 2 aromatic carbocycles. The third-order valence-electron chi connectivity index (χ3n) is 4.23. The van der Waals surface area contributed by atoms with Gasteiger partial charge in [-0.3, -0.25) is 4.79 Å². The first-order valence-electron chi connectivity index (χ1n) is 7.86. The van der Waals surface area contributed by atoms with Crippen molar-refractivity contribution < 1.29 is 4.42 Å². The van der Waals surface area contributed by atoms with Crippen LogP contribution < -0.4 is 11.2 Å². The number of hydrogen-bond donors (Lipinski definition) is 0. The molecule has 0 aliphatic heterocycles. The lowest BCUT2D eigenvalue weighted by Crippen LogP contribution is -2.22. The first-order chi connectivity index (χ1) is 12.2. The monoisotopic (exact) mass is 349 g/mol. The number of thioether (sulfide) groups is 1. The van der Waals surface area contributed by atoms with Crippen LogP contribution in [0.15, 0.2) is 79.6 Å². The predicted molar refractivity (Wildman–Crippen MR) is 102 cm³/mol. The summed E-state index contributed by atoms with van der Waals surface area (Å²) >= 11 is 1.28. The summed E-state index contributed by atoms with van der Waals surface area (Å²) in [6.45, 7) is 0.462. The van der Waals surface area contributed by atoms with Crippen LogP contribution in [0.5, 0.6) is 0 Å². The second kappa shape index (κ2) is 6.26. The zero-order valence-electron chi connectivity index (χ0n) is 13.6. The molecule has 0 atom stereocenters. The molecule has 0 radical (unpaired) electrons. The van der Waals surface area contributed by atoms with Gasteiger partial charge in [0.15, 0.2) is 5.58 Å². The number of fused-ring (bicyclic) bond motifs is 3. The van der Waals surface area contributed by atoms with Gasteiger partial charge < -0.3 is 8.98 Å². The molecule has 0 bridgehead atoms. The second-order valence-corrected chi connectivity index (χ2v) is 6.59. The molecular formula is C20H15NO3S. The number of benzene rings is 2. The zero-order chi connectivity index (χ0) is 17.4. The number of rotatable bonds is 3. The zero-order valence-corrected chi connectivity index (χ0v) is 14.4. The van der Waals surface area contributed by atoms with Crippen molar-refractivity contribution in [2.45, 2.75) is 11.4 Å². The van der Waals surface area contributed by atoms with Crippen LogP contribution in [0.3, 0.4) is 0 Å². The summed E-state index contributed by atoms with van der Waals surface area (Å²) in [5.41, 5.74) is 1.58. The summed E-state index contributed by atoms with van der Waals surface area (Å²) in [6.07, 6.45) is 1.79. The fourth-order valence-corrected chi connectivity index (χ4v) is 3.48. The summed E-state index contributed by atoms with van der Waals surface area (Å²) in [7, 11) is 0. The minimum absolute atomic E-state index is 0.156. The molecule has 2 aromatic heterocycles. The largest absolute Gasteiger partial charge is 0.421 e. The van der Waals surface area contributed by atoms with E-state index in [1.165, 1.54) is 11.8 Å². The SMILES string of the molecule is CSc1cc2c(=O)n(Cc3ccccc3)c3ccccc3c2oc1=O. The highest BCUT2D eigenvalue weighted by Crippen LogP contribution is 2.24. The van der Waals surface area contributed by atoms with Gasteiger partial charge in [0.1, 0.15) is 0 Å². The van der Waals surface area contributed by atoms with Gasteiger partial charge in [-0.15, -0.1) is 11.8 Å². The summed E-state index contributed by atoms with van der Waals surface area (Å²) in [6, 6.07) is 19.0. The van der Waals surface area contributed by atoms with Crippen molar-refractivity contribution in [3.63, 3.8) is 0 Å². The van der Waals surface area contributed by atoms with E-state index in [9.17, 15) is 9.59 Å². The normalized spacial score (nSPS) is 11.2. The van der Waals surface area contributed by atoms with Crippen molar-refractivity contribution >= 4 is 33.6 Å². The summed E-state index contributed by atoms with van der Waals surface area (Å²) in [4.78, 5) is 25.7. The third-order valence-corrected chi connectivity index (χ3v) is 4.96. The van der Waals surface area contributed by atoms with Gasteiger partial charge in [-0.25, -0.2) is 4.79 Å². The van der Waals surface area contributed by atoms with Crippen LogP contribution in [0, 0.1) is 0 Å². The first kappa shape index (κ1) is 15.7. The Morgan fingerprint density at radius 2 is 1.68 bits per heavy atom. The summed E-state index contributed by atoms with van der Waals surface area (Å²) in [5, 5.41) is 1.19. The van der Waals surface area contributed by atoms with Gasteiger partial charge in [-0.2, -0.15) is 0 Å². The number of hydrogen-bond acceptors (Lipinski definition) is 4. The molecule has 0 N–H and O–H groups in total.